The van der Waals surface area contributed by atoms with E-state index in [4.69, 9.17) is 27.6 Å². The Labute approximate surface area is 230 Å². The Morgan fingerprint density at radius 1 is 1.11 bits per heavy atom. The van der Waals surface area contributed by atoms with Gasteiger partial charge in [-0.05, 0) is 67.3 Å². The lowest BCUT2D eigenvalue weighted by atomic mass is 9.95. The van der Waals surface area contributed by atoms with E-state index in [2.05, 4.69) is 15.5 Å². The van der Waals surface area contributed by atoms with Crippen molar-refractivity contribution in [2.24, 2.45) is 0 Å². The molecule has 0 radical (unpaired) electrons. The molecule has 2 N–H and O–H groups in total. The summed E-state index contributed by atoms with van der Waals surface area (Å²) < 4.78 is 39.7. The number of nitrogens with zero attached hydrogens (tertiary/aromatic N) is 2. The third kappa shape index (κ3) is 5.37. The second kappa shape index (κ2) is 10.6. The number of hydrogen-bond acceptors (Lipinski definition) is 5. The smallest absolute Gasteiger partial charge is 0.247 e. The van der Waals surface area contributed by atoms with Crippen molar-refractivity contribution in [3.05, 3.63) is 99.1 Å². The van der Waals surface area contributed by atoms with Crippen LogP contribution >= 0.6 is 23.2 Å². The monoisotopic (exact) mass is 573 g/mol. The van der Waals surface area contributed by atoms with Gasteiger partial charge in [0.2, 0.25) is 17.7 Å². The first-order valence-electron chi connectivity index (χ1n) is 11.7. The third-order valence-corrected chi connectivity index (χ3v) is 8.07. The highest BCUT2D eigenvalue weighted by molar-refractivity contribution is 7.79. The molecule has 1 aromatic heterocycles. The SMILES string of the molecule is CC(c1ccc(CC(=O)Nc2cc(Cl)c(C3(c4nnc(-c5ccc(F)cc5)o4)CC3)c(Cl)c2)cc1)S(=O)O. The highest BCUT2D eigenvalue weighted by Gasteiger charge is 2.53. The molecular weight excluding hydrogens is 552 g/mol. The number of halogens is 3. The second-order valence-electron chi connectivity index (χ2n) is 9.20. The fourth-order valence-electron chi connectivity index (χ4n) is 4.34. The van der Waals surface area contributed by atoms with Gasteiger partial charge in [0.15, 0.2) is 11.1 Å². The maximum absolute atomic E-state index is 13.3. The van der Waals surface area contributed by atoms with Crippen molar-refractivity contribution < 1.29 is 22.4 Å². The van der Waals surface area contributed by atoms with E-state index in [1.807, 2.05) is 0 Å². The predicted molar refractivity (Wildman–Crippen MR) is 144 cm³/mol. The third-order valence-electron chi connectivity index (χ3n) is 6.60. The van der Waals surface area contributed by atoms with Crippen molar-refractivity contribution >= 4 is 45.9 Å². The minimum absolute atomic E-state index is 0.103. The molecule has 1 heterocycles. The number of amides is 1. The summed E-state index contributed by atoms with van der Waals surface area (Å²) in [6, 6.07) is 16.0. The van der Waals surface area contributed by atoms with Crippen LogP contribution in [-0.2, 0) is 27.7 Å². The van der Waals surface area contributed by atoms with Crippen molar-refractivity contribution in [2.45, 2.75) is 36.9 Å². The number of carbonyl (C=O) groups excluding carboxylic acids is 1. The van der Waals surface area contributed by atoms with E-state index in [0.29, 0.717) is 51.2 Å². The van der Waals surface area contributed by atoms with E-state index in [9.17, 15) is 17.9 Å². The van der Waals surface area contributed by atoms with Gasteiger partial charge in [-0.25, -0.2) is 8.60 Å². The number of carbonyl (C=O) groups is 1. The Morgan fingerprint density at radius 3 is 2.32 bits per heavy atom. The standard InChI is InChI=1S/C27H22Cl2FN3O4S/c1-15(38(35)36)17-4-2-16(3-5-17)12-23(34)31-20-13-21(28)24(22(29)14-20)27(10-11-27)26-33-32-25(37-26)18-6-8-19(30)9-7-18/h2-9,13-15H,10-12H2,1H3,(H,31,34)(H,35,36). The molecule has 11 heteroatoms. The summed E-state index contributed by atoms with van der Waals surface area (Å²) >= 11 is 11.3. The van der Waals surface area contributed by atoms with Crippen LogP contribution in [0.4, 0.5) is 10.1 Å². The fourth-order valence-corrected chi connectivity index (χ4v) is 5.58. The molecule has 2 unspecified atom stereocenters. The summed E-state index contributed by atoms with van der Waals surface area (Å²) in [5.41, 5.74) is 2.54. The molecule has 1 aliphatic rings. The number of rotatable bonds is 8. The van der Waals surface area contributed by atoms with Gasteiger partial charge in [0, 0.05) is 26.9 Å². The van der Waals surface area contributed by atoms with Crippen molar-refractivity contribution in [3.63, 3.8) is 0 Å². The molecule has 0 aliphatic heterocycles. The highest BCUT2D eigenvalue weighted by atomic mass is 35.5. The first-order chi connectivity index (χ1) is 18.2. The van der Waals surface area contributed by atoms with Crippen molar-refractivity contribution in [3.8, 4) is 11.5 Å². The number of aromatic nitrogens is 2. The van der Waals surface area contributed by atoms with E-state index < -0.39 is 21.7 Å². The van der Waals surface area contributed by atoms with Gasteiger partial charge in [0.05, 0.1) is 17.1 Å². The molecule has 0 saturated heterocycles. The van der Waals surface area contributed by atoms with Crippen LogP contribution in [0.5, 0.6) is 0 Å². The molecule has 38 heavy (non-hydrogen) atoms. The van der Waals surface area contributed by atoms with Crippen LogP contribution in [0, 0.1) is 5.82 Å². The molecule has 4 aromatic rings. The molecule has 1 saturated carbocycles. The maximum atomic E-state index is 13.3. The maximum Gasteiger partial charge on any atom is 0.247 e. The lowest BCUT2D eigenvalue weighted by molar-refractivity contribution is -0.115. The van der Waals surface area contributed by atoms with Gasteiger partial charge in [-0.15, -0.1) is 10.2 Å². The van der Waals surface area contributed by atoms with Gasteiger partial charge in [-0.2, -0.15) is 0 Å². The Hall–Kier alpha value is -3.11. The molecule has 5 rings (SSSR count). The lowest BCUT2D eigenvalue weighted by Crippen LogP contribution is -2.16. The van der Waals surface area contributed by atoms with E-state index in [0.717, 1.165) is 5.56 Å². The van der Waals surface area contributed by atoms with Gasteiger partial charge < -0.3 is 14.3 Å². The van der Waals surface area contributed by atoms with Crippen molar-refractivity contribution in [2.75, 3.05) is 5.32 Å². The number of nitrogens with one attached hydrogen (secondary N) is 1. The van der Waals surface area contributed by atoms with Crippen LogP contribution in [0.25, 0.3) is 11.5 Å². The molecule has 0 bridgehead atoms. The Kier molecular flexibility index (Phi) is 7.37. The van der Waals surface area contributed by atoms with Crippen molar-refractivity contribution in [1.82, 2.24) is 10.2 Å². The van der Waals surface area contributed by atoms with Gasteiger partial charge in [-0.1, -0.05) is 47.5 Å². The van der Waals surface area contributed by atoms with E-state index in [-0.39, 0.29) is 24.0 Å². The number of hydrogen-bond donors (Lipinski definition) is 2. The van der Waals surface area contributed by atoms with E-state index in [1.54, 1.807) is 55.5 Å². The lowest BCUT2D eigenvalue weighted by Gasteiger charge is -2.17. The summed E-state index contributed by atoms with van der Waals surface area (Å²) in [5, 5.41) is 11.4. The first-order valence-corrected chi connectivity index (χ1v) is 13.7. The Bertz CT molecular complexity index is 1500. The zero-order valence-corrected chi connectivity index (χ0v) is 22.4. The number of anilines is 1. The summed E-state index contributed by atoms with van der Waals surface area (Å²) in [7, 11) is 0. The molecule has 1 fully saturated rings. The molecule has 3 aromatic carbocycles. The summed E-state index contributed by atoms with van der Waals surface area (Å²) in [4.78, 5) is 12.7. The average molecular weight is 574 g/mol. The van der Waals surface area contributed by atoms with Gasteiger partial charge in [-0.3, -0.25) is 4.79 Å². The van der Waals surface area contributed by atoms with Crippen LogP contribution in [0.2, 0.25) is 10.0 Å². The topological polar surface area (TPSA) is 105 Å². The zero-order valence-electron chi connectivity index (χ0n) is 20.1. The van der Waals surface area contributed by atoms with Crippen LogP contribution in [0.15, 0.2) is 65.1 Å². The molecular formula is C27H22Cl2FN3O4S. The van der Waals surface area contributed by atoms with Crippen LogP contribution in [-0.4, -0.2) is 24.9 Å². The largest absolute Gasteiger partial charge is 0.420 e. The van der Waals surface area contributed by atoms with E-state index in [1.165, 1.54) is 12.1 Å². The van der Waals surface area contributed by atoms with Crippen LogP contribution in [0.1, 0.15) is 47.6 Å². The quantitative estimate of drug-likeness (QED) is 0.226. The van der Waals surface area contributed by atoms with Crippen LogP contribution in [0.3, 0.4) is 0 Å². The molecule has 1 aliphatic carbocycles. The molecule has 196 valence electrons. The van der Waals surface area contributed by atoms with Gasteiger partial charge in [0.1, 0.15) is 5.82 Å². The van der Waals surface area contributed by atoms with Crippen LogP contribution < -0.4 is 5.32 Å². The average Bonchev–Trinajstić information content (AvgIpc) is 3.50. The predicted octanol–water partition coefficient (Wildman–Crippen LogP) is 6.73. The van der Waals surface area contributed by atoms with Gasteiger partial charge >= 0.3 is 0 Å². The summed E-state index contributed by atoms with van der Waals surface area (Å²) in [5.74, 6) is 0.0235. The second-order valence-corrected chi connectivity index (χ2v) is 11.3. The fraction of sp³-hybridized carbons (Fsp3) is 0.222. The zero-order chi connectivity index (χ0) is 27.0. The summed E-state index contributed by atoms with van der Waals surface area (Å²) in [6.07, 6.45) is 1.52. The molecule has 7 nitrogen and oxygen atoms in total. The Balaban J connectivity index is 1.31. The molecule has 2 atom stereocenters. The van der Waals surface area contributed by atoms with E-state index >= 15 is 0 Å². The molecule has 0 spiro atoms. The summed E-state index contributed by atoms with van der Waals surface area (Å²) in [6.45, 7) is 1.66. The highest BCUT2D eigenvalue weighted by Crippen LogP contribution is 2.57. The Morgan fingerprint density at radius 2 is 1.74 bits per heavy atom. The molecule has 1 amide bonds. The van der Waals surface area contributed by atoms with Gasteiger partial charge in [0.25, 0.3) is 0 Å². The first kappa shape index (κ1) is 26.5. The van der Waals surface area contributed by atoms with Crippen molar-refractivity contribution in [1.29, 1.82) is 0 Å². The minimum Gasteiger partial charge on any atom is -0.420 e. The minimum atomic E-state index is -1.96. The number of benzene rings is 3. The normalized spacial score (nSPS) is 15.6.